The molecule has 0 amide bonds. The van der Waals surface area contributed by atoms with Gasteiger partial charge in [0.2, 0.25) is 0 Å². The number of carbonyl (C=O) groups is 1. The second-order valence-electron chi connectivity index (χ2n) is 4.50. The van der Waals surface area contributed by atoms with Crippen molar-refractivity contribution in [3.05, 3.63) is 46.2 Å². The third-order valence-corrected chi connectivity index (χ3v) is 3.45. The highest BCUT2D eigenvalue weighted by atomic mass is 32.1. The summed E-state index contributed by atoms with van der Waals surface area (Å²) in [5.41, 5.74) is 2.10. The van der Waals surface area contributed by atoms with Crippen molar-refractivity contribution >= 4 is 18.0 Å². The van der Waals surface area contributed by atoms with E-state index in [1.807, 2.05) is 41.8 Å². The van der Waals surface area contributed by atoms with Crippen LogP contribution in [-0.2, 0) is 6.54 Å². The van der Waals surface area contributed by atoms with E-state index >= 15 is 0 Å². The fourth-order valence-corrected chi connectivity index (χ4v) is 2.63. The maximum atomic E-state index is 11.7. The number of carbonyl (C=O) groups excluding carboxylic acids is 1. The number of Topliss-reactive ketones (excluding diaryl/α,β-unsaturated/α-hetero) is 1. The molecule has 0 aliphatic heterocycles. The van der Waals surface area contributed by atoms with Gasteiger partial charge in [0, 0.05) is 17.8 Å². The van der Waals surface area contributed by atoms with E-state index in [9.17, 15) is 9.90 Å². The summed E-state index contributed by atoms with van der Waals surface area (Å²) in [6, 6.07) is 9.61. The van der Waals surface area contributed by atoms with Crippen molar-refractivity contribution in [2.24, 2.45) is 0 Å². The van der Waals surface area contributed by atoms with Crippen molar-refractivity contribution in [3.8, 4) is 11.4 Å². The highest BCUT2D eigenvalue weighted by Crippen LogP contribution is 2.21. The van der Waals surface area contributed by atoms with Gasteiger partial charge >= 0.3 is 0 Å². The number of nitrogens with zero attached hydrogens (tertiary/aromatic N) is 2. The minimum Gasteiger partial charge on any atom is -0.395 e. The van der Waals surface area contributed by atoms with Crippen molar-refractivity contribution in [1.29, 1.82) is 0 Å². The summed E-state index contributed by atoms with van der Waals surface area (Å²) >= 11 is 5.24. The summed E-state index contributed by atoms with van der Waals surface area (Å²) in [6.45, 7) is 3.65. The largest absolute Gasteiger partial charge is 0.395 e. The molecule has 4 nitrogen and oxygen atoms in total. The van der Waals surface area contributed by atoms with Gasteiger partial charge in [-0.2, -0.15) is 0 Å². The van der Waals surface area contributed by atoms with Crippen molar-refractivity contribution in [1.82, 2.24) is 9.55 Å². The van der Waals surface area contributed by atoms with Crippen LogP contribution in [0.15, 0.2) is 30.3 Å². The number of rotatable bonds is 4. The summed E-state index contributed by atoms with van der Waals surface area (Å²) in [5, 5.41) is 9.25. The van der Waals surface area contributed by atoms with Gasteiger partial charge in [-0.1, -0.05) is 42.5 Å². The Morgan fingerprint density at radius 3 is 2.55 bits per heavy atom. The maximum absolute atomic E-state index is 11.7. The smallest absolute Gasteiger partial charge is 0.164 e. The van der Waals surface area contributed by atoms with Gasteiger partial charge < -0.3 is 9.67 Å². The fourth-order valence-electron chi connectivity index (χ4n) is 2.25. The molecular weight excluding hydrogens is 272 g/mol. The van der Waals surface area contributed by atoms with E-state index in [1.165, 1.54) is 6.92 Å². The summed E-state index contributed by atoms with van der Waals surface area (Å²) in [7, 11) is 0. The Hall–Kier alpha value is -1.85. The Bertz CT molecular complexity index is 693. The lowest BCUT2D eigenvalue weighted by atomic mass is 10.1. The Morgan fingerprint density at radius 1 is 1.35 bits per heavy atom. The van der Waals surface area contributed by atoms with Crippen LogP contribution in [0.25, 0.3) is 11.4 Å². The van der Waals surface area contributed by atoms with Crippen molar-refractivity contribution < 1.29 is 9.90 Å². The molecule has 0 radical (unpaired) electrons. The Kier molecular flexibility index (Phi) is 4.42. The molecule has 0 saturated carbocycles. The molecule has 1 heterocycles. The molecule has 0 bridgehead atoms. The van der Waals surface area contributed by atoms with E-state index in [2.05, 4.69) is 4.98 Å². The number of benzene rings is 1. The molecule has 0 aliphatic carbocycles. The molecule has 104 valence electrons. The van der Waals surface area contributed by atoms with Crippen LogP contribution in [0.5, 0.6) is 0 Å². The number of hydrogen-bond donors (Lipinski definition) is 1. The van der Waals surface area contributed by atoms with Gasteiger partial charge in [-0.25, -0.2) is 4.98 Å². The molecule has 0 aliphatic rings. The van der Waals surface area contributed by atoms with Crippen molar-refractivity contribution in [3.63, 3.8) is 0 Å². The Balaban J connectivity index is 2.76. The monoisotopic (exact) mass is 288 g/mol. The van der Waals surface area contributed by atoms with Crippen LogP contribution < -0.4 is 0 Å². The molecule has 1 aromatic heterocycles. The van der Waals surface area contributed by atoms with Crippen molar-refractivity contribution in [2.75, 3.05) is 6.61 Å². The zero-order valence-corrected chi connectivity index (χ0v) is 12.3. The second-order valence-corrected chi connectivity index (χ2v) is 4.89. The Labute approximate surface area is 122 Å². The van der Waals surface area contributed by atoms with E-state index in [0.29, 0.717) is 22.6 Å². The quantitative estimate of drug-likeness (QED) is 0.694. The topological polar surface area (TPSA) is 55.1 Å². The molecule has 0 saturated heterocycles. The first kappa shape index (κ1) is 14.6. The first-order valence-electron chi connectivity index (χ1n) is 6.35. The van der Waals surface area contributed by atoms with Crippen LogP contribution in [0.1, 0.15) is 23.0 Å². The van der Waals surface area contributed by atoms with E-state index < -0.39 is 0 Å². The maximum Gasteiger partial charge on any atom is 0.164 e. The minimum atomic E-state index is -0.105. The summed E-state index contributed by atoms with van der Waals surface area (Å²) < 4.78 is 2.14. The van der Waals surface area contributed by atoms with E-state index in [0.717, 1.165) is 11.3 Å². The first-order valence-corrected chi connectivity index (χ1v) is 6.75. The molecule has 0 fully saturated rings. The SMILES string of the molecule is CC(=O)c1c(C)n(CCO)c(-c2ccccc2)nc1=S. The van der Waals surface area contributed by atoms with Crippen molar-refractivity contribution in [2.45, 2.75) is 20.4 Å². The number of ketones is 1. The van der Waals surface area contributed by atoms with Crippen LogP contribution in [0, 0.1) is 11.6 Å². The average molecular weight is 288 g/mol. The lowest BCUT2D eigenvalue weighted by Gasteiger charge is -2.17. The third kappa shape index (κ3) is 2.69. The second kappa shape index (κ2) is 6.07. The average Bonchev–Trinajstić information content (AvgIpc) is 2.42. The van der Waals surface area contributed by atoms with Gasteiger partial charge in [-0.05, 0) is 13.8 Å². The molecule has 0 spiro atoms. The molecule has 0 unspecified atom stereocenters. The van der Waals surface area contributed by atoms with Gasteiger partial charge in [0.05, 0.1) is 12.2 Å². The molecule has 20 heavy (non-hydrogen) atoms. The number of aromatic nitrogens is 2. The standard InChI is InChI=1S/C15H16N2O2S/c1-10-13(11(2)19)15(20)16-14(17(10)8-9-18)12-6-4-3-5-7-12/h3-7,18H,8-9H2,1-2H3. The molecule has 1 aromatic carbocycles. The van der Waals surface area contributed by atoms with Gasteiger partial charge in [0.1, 0.15) is 10.5 Å². The van der Waals surface area contributed by atoms with E-state index in [1.54, 1.807) is 0 Å². The summed E-state index contributed by atoms with van der Waals surface area (Å²) in [6.07, 6.45) is 0. The van der Waals surface area contributed by atoms with Gasteiger partial charge in [0.25, 0.3) is 0 Å². The molecule has 5 heteroatoms. The normalized spacial score (nSPS) is 10.6. The van der Waals surface area contributed by atoms with Crippen LogP contribution in [0.4, 0.5) is 0 Å². The lowest BCUT2D eigenvalue weighted by molar-refractivity contribution is 0.101. The molecule has 2 aromatic rings. The van der Waals surface area contributed by atoms with E-state index in [4.69, 9.17) is 12.2 Å². The summed E-state index contributed by atoms with van der Waals surface area (Å²) in [4.78, 5) is 16.1. The zero-order chi connectivity index (χ0) is 14.7. The van der Waals surface area contributed by atoms with Gasteiger partial charge in [-0.3, -0.25) is 4.79 Å². The molecule has 0 atom stereocenters. The third-order valence-electron chi connectivity index (χ3n) is 3.15. The molecule has 1 N–H and O–H groups in total. The number of hydrogen-bond acceptors (Lipinski definition) is 4. The molecule has 2 rings (SSSR count). The predicted octanol–water partition coefficient (Wildman–Crippen LogP) is 2.78. The number of aliphatic hydroxyl groups excluding tert-OH is 1. The van der Waals surface area contributed by atoms with Crippen LogP contribution in [0.2, 0.25) is 0 Å². The van der Waals surface area contributed by atoms with Crippen LogP contribution in [0.3, 0.4) is 0 Å². The van der Waals surface area contributed by atoms with Crippen LogP contribution >= 0.6 is 12.2 Å². The van der Waals surface area contributed by atoms with Gasteiger partial charge in [0.15, 0.2) is 5.78 Å². The lowest BCUT2D eigenvalue weighted by Crippen LogP contribution is -2.16. The van der Waals surface area contributed by atoms with E-state index in [-0.39, 0.29) is 12.4 Å². The highest BCUT2D eigenvalue weighted by molar-refractivity contribution is 7.71. The first-order chi connectivity index (χ1) is 9.56. The number of aliphatic hydroxyl groups is 1. The zero-order valence-electron chi connectivity index (χ0n) is 11.5. The van der Waals surface area contributed by atoms with Gasteiger partial charge in [-0.15, -0.1) is 0 Å². The highest BCUT2D eigenvalue weighted by Gasteiger charge is 2.15. The minimum absolute atomic E-state index is 0.0266. The fraction of sp³-hybridized carbons (Fsp3) is 0.267. The predicted molar refractivity (Wildman–Crippen MR) is 80.3 cm³/mol. The molecular formula is C15H16N2O2S. The Morgan fingerprint density at radius 2 is 2.00 bits per heavy atom. The summed E-state index contributed by atoms with van der Waals surface area (Å²) in [5.74, 6) is 0.568. The van der Waals surface area contributed by atoms with Crippen LogP contribution in [-0.4, -0.2) is 27.0 Å².